The molecule has 0 aliphatic rings. The van der Waals surface area contributed by atoms with Crippen LogP contribution in [0.3, 0.4) is 0 Å². The molecule has 254 valence electrons. The lowest BCUT2D eigenvalue weighted by Gasteiger charge is -2.18. The Hall–Kier alpha value is -3.62. The van der Waals surface area contributed by atoms with E-state index in [9.17, 15) is 13.2 Å². The standard InChI is InChI=1S/C39H54N4O3S/c1-8-43(9-2)38(44)23-30-15-18-37-36(22-30)35(39(41-37)33-25-31(27(3)4)24-32(26-33)28(5)6)19-21-40-20-11-10-12-29-13-16-34(17-14-29)42-47(7,45)46/h13-18,22,24-28,40-42H,8-12,19-21,23H2,1-7H3. The van der Waals surface area contributed by atoms with Crippen molar-refractivity contribution in [3.05, 3.63) is 88.5 Å². The van der Waals surface area contributed by atoms with Crippen LogP contribution in [-0.4, -0.2) is 56.6 Å². The number of unbranched alkanes of at least 4 members (excludes halogenated alkanes) is 1. The monoisotopic (exact) mass is 658 g/mol. The van der Waals surface area contributed by atoms with Gasteiger partial charge in [-0.25, -0.2) is 8.42 Å². The summed E-state index contributed by atoms with van der Waals surface area (Å²) in [4.78, 5) is 18.6. The summed E-state index contributed by atoms with van der Waals surface area (Å²) in [7, 11) is -3.27. The van der Waals surface area contributed by atoms with Crippen LogP contribution in [0.25, 0.3) is 22.2 Å². The Morgan fingerprint density at radius 3 is 2.04 bits per heavy atom. The van der Waals surface area contributed by atoms with E-state index in [1.165, 1.54) is 38.9 Å². The van der Waals surface area contributed by atoms with Crippen molar-refractivity contribution in [2.24, 2.45) is 0 Å². The molecule has 0 saturated carbocycles. The Morgan fingerprint density at radius 1 is 0.809 bits per heavy atom. The highest BCUT2D eigenvalue weighted by Crippen LogP contribution is 2.35. The topological polar surface area (TPSA) is 94.3 Å². The summed E-state index contributed by atoms with van der Waals surface area (Å²) in [6, 6.07) is 21.1. The number of likely N-dealkylation sites (N-methyl/N-ethyl adjacent to an activating group) is 1. The van der Waals surface area contributed by atoms with E-state index in [1.807, 2.05) is 43.0 Å². The largest absolute Gasteiger partial charge is 0.354 e. The van der Waals surface area contributed by atoms with Gasteiger partial charge in [-0.1, -0.05) is 52.0 Å². The fourth-order valence-corrected chi connectivity index (χ4v) is 6.70. The van der Waals surface area contributed by atoms with E-state index in [0.29, 0.717) is 23.9 Å². The number of nitrogens with one attached hydrogen (secondary N) is 3. The van der Waals surface area contributed by atoms with E-state index < -0.39 is 10.0 Å². The second-order valence-corrected chi connectivity index (χ2v) is 15.1. The maximum atomic E-state index is 13.0. The smallest absolute Gasteiger partial charge is 0.229 e. The Bertz CT molecular complexity index is 1710. The van der Waals surface area contributed by atoms with E-state index in [0.717, 1.165) is 69.2 Å². The zero-order chi connectivity index (χ0) is 34.1. The molecule has 0 saturated heterocycles. The maximum absolute atomic E-state index is 13.0. The Kier molecular flexibility index (Phi) is 12.7. The lowest BCUT2D eigenvalue weighted by Crippen LogP contribution is -2.31. The Balaban J connectivity index is 1.49. The van der Waals surface area contributed by atoms with Gasteiger partial charge in [0.2, 0.25) is 15.9 Å². The average Bonchev–Trinajstić information content (AvgIpc) is 3.38. The molecule has 0 fully saturated rings. The third kappa shape index (κ3) is 10.2. The van der Waals surface area contributed by atoms with Gasteiger partial charge in [-0.3, -0.25) is 9.52 Å². The van der Waals surface area contributed by atoms with Crippen LogP contribution < -0.4 is 10.0 Å². The van der Waals surface area contributed by atoms with Crippen molar-refractivity contribution in [1.29, 1.82) is 0 Å². The number of carbonyl (C=O) groups is 1. The fourth-order valence-electron chi connectivity index (χ4n) is 6.13. The summed E-state index contributed by atoms with van der Waals surface area (Å²) in [6.07, 6.45) is 5.50. The molecule has 0 aliphatic carbocycles. The molecule has 4 aromatic rings. The summed E-state index contributed by atoms with van der Waals surface area (Å²) in [5.41, 5.74) is 10.3. The first-order valence-electron chi connectivity index (χ1n) is 17.2. The second kappa shape index (κ2) is 16.5. The molecule has 0 atom stereocenters. The molecule has 4 rings (SSSR count). The molecule has 3 N–H and O–H groups in total. The molecular weight excluding hydrogens is 605 g/mol. The summed E-state index contributed by atoms with van der Waals surface area (Å²) in [5.74, 6) is 1.03. The van der Waals surface area contributed by atoms with Crippen LogP contribution in [0.15, 0.2) is 60.7 Å². The predicted octanol–water partition coefficient (Wildman–Crippen LogP) is 8.02. The van der Waals surface area contributed by atoms with Crippen LogP contribution in [0.1, 0.15) is 94.0 Å². The number of aryl methyl sites for hydroxylation is 1. The normalized spacial score (nSPS) is 11.9. The van der Waals surface area contributed by atoms with Crippen molar-refractivity contribution in [3.63, 3.8) is 0 Å². The molecule has 0 radical (unpaired) electrons. The SMILES string of the molecule is CCN(CC)C(=O)Cc1ccc2[nH]c(-c3cc(C(C)C)cc(C(C)C)c3)c(CCNCCCCc3ccc(NS(C)(=O)=O)cc3)c2c1. The van der Waals surface area contributed by atoms with Crippen LogP contribution >= 0.6 is 0 Å². The van der Waals surface area contributed by atoms with E-state index in [2.05, 4.69) is 79.1 Å². The van der Waals surface area contributed by atoms with E-state index >= 15 is 0 Å². The molecule has 0 bridgehead atoms. The Labute approximate surface area is 282 Å². The highest BCUT2D eigenvalue weighted by Gasteiger charge is 2.18. The molecule has 0 spiro atoms. The van der Waals surface area contributed by atoms with Gasteiger partial charge in [0.25, 0.3) is 0 Å². The number of nitrogens with zero attached hydrogens (tertiary/aromatic N) is 1. The number of anilines is 1. The quantitative estimate of drug-likeness (QED) is 0.100. The number of hydrogen-bond acceptors (Lipinski definition) is 4. The highest BCUT2D eigenvalue weighted by molar-refractivity contribution is 7.92. The van der Waals surface area contributed by atoms with Crippen molar-refractivity contribution in [2.45, 2.75) is 85.5 Å². The van der Waals surface area contributed by atoms with Crippen LogP contribution in [0.2, 0.25) is 0 Å². The predicted molar refractivity (Wildman–Crippen MR) is 198 cm³/mol. The van der Waals surface area contributed by atoms with Crippen molar-refractivity contribution in [3.8, 4) is 11.3 Å². The van der Waals surface area contributed by atoms with E-state index in [4.69, 9.17) is 0 Å². The van der Waals surface area contributed by atoms with Crippen molar-refractivity contribution in [1.82, 2.24) is 15.2 Å². The van der Waals surface area contributed by atoms with Gasteiger partial charge in [-0.2, -0.15) is 0 Å². The number of rotatable bonds is 17. The van der Waals surface area contributed by atoms with Gasteiger partial charge < -0.3 is 15.2 Å². The number of aromatic nitrogens is 1. The number of carbonyl (C=O) groups excluding carboxylic acids is 1. The number of sulfonamides is 1. The van der Waals surface area contributed by atoms with Crippen LogP contribution in [0.4, 0.5) is 5.69 Å². The second-order valence-electron chi connectivity index (χ2n) is 13.3. The number of benzene rings is 3. The molecule has 47 heavy (non-hydrogen) atoms. The zero-order valence-electron chi connectivity index (χ0n) is 29.4. The third-order valence-electron chi connectivity index (χ3n) is 8.92. The number of aromatic amines is 1. The summed E-state index contributed by atoms with van der Waals surface area (Å²) < 4.78 is 25.4. The van der Waals surface area contributed by atoms with E-state index in [1.54, 1.807) is 0 Å². The van der Waals surface area contributed by atoms with Crippen LogP contribution in [0, 0.1) is 0 Å². The molecule has 1 aromatic heterocycles. The van der Waals surface area contributed by atoms with Gasteiger partial charge in [0.05, 0.1) is 12.7 Å². The number of H-pyrrole nitrogens is 1. The summed E-state index contributed by atoms with van der Waals surface area (Å²) >= 11 is 0. The van der Waals surface area contributed by atoms with Gasteiger partial charge >= 0.3 is 0 Å². The first-order chi connectivity index (χ1) is 22.4. The summed E-state index contributed by atoms with van der Waals surface area (Å²) in [6.45, 7) is 16.3. The molecule has 0 unspecified atom stereocenters. The molecule has 0 aliphatic heterocycles. The Morgan fingerprint density at radius 2 is 1.45 bits per heavy atom. The van der Waals surface area contributed by atoms with Crippen molar-refractivity contribution < 1.29 is 13.2 Å². The summed E-state index contributed by atoms with van der Waals surface area (Å²) in [5, 5.41) is 4.87. The van der Waals surface area contributed by atoms with Crippen molar-refractivity contribution >= 4 is 32.5 Å². The third-order valence-corrected chi connectivity index (χ3v) is 9.53. The minimum atomic E-state index is -3.27. The lowest BCUT2D eigenvalue weighted by atomic mass is 9.91. The highest BCUT2D eigenvalue weighted by atomic mass is 32.2. The lowest BCUT2D eigenvalue weighted by molar-refractivity contribution is -0.130. The maximum Gasteiger partial charge on any atom is 0.229 e. The minimum Gasteiger partial charge on any atom is -0.354 e. The van der Waals surface area contributed by atoms with Gasteiger partial charge in [0, 0.05) is 35.4 Å². The minimum absolute atomic E-state index is 0.168. The molecular formula is C39H54N4O3S. The van der Waals surface area contributed by atoms with Crippen molar-refractivity contribution in [2.75, 3.05) is 37.2 Å². The van der Waals surface area contributed by atoms with Gasteiger partial charge in [-0.05, 0) is 134 Å². The van der Waals surface area contributed by atoms with Gasteiger partial charge in [0.1, 0.15) is 0 Å². The van der Waals surface area contributed by atoms with E-state index in [-0.39, 0.29) is 5.91 Å². The van der Waals surface area contributed by atoms with Gasteiger partial charge in [0.15, 0.2) is 0 Å². The number of hydrogen-bond donors (Lipinski definition) is 3. The first kappa shape index (κ1) is 36.2. The molecule has 7 nitrogen and oxygen atoms in total. The molecule has 8 heteroatoms. The molecule has 1 amide bonds. The number of fused-ring (bicyclic) bond motifs is 1. The van der Waals surface area contributed by atoms with Crippen LogP contribution in [0.5, 0.6) is 0 Å². The molecule has 3 aromatic carbocycles. The average molecular weight is 659 g/mol. The zero-order valence-corrected chi connectivity index (χ0v) is 30.2. The fraction of sp³-hybridized carbons (Fsp3) is 0.462. The number of amides is 1. The molecule has 1 heterocycles. The van der Waals surface area contributed by atoms with Gasteiger partial charge in [-0.15, -0.1) is 0 Å². The first-order valence-corrected chi connectivity index (χ1v) is 19.1. The van der Waals surface area contributed by atoms with Crippen LogP contribution in [-0.2, 0) is 34.1 Å².